The maximum atomic E-state index is 12.2. The molecule has 0 aromatic carbocycles. The number of carbonyl (C=O) groups excluding carboxylic acids is 1. The van der Waals surface area contributed by atoms with E-state index in [1.54, 1.807) is 0 Å². The van der Waals surface area contributed by atoms with Crippen LogP contribution in [0.25, 0.3) is 0 Å². The Morgan fingerprint density at radius 2 is 2.10 bits per heavy atom. The topological polar surface area (TPSA) is 36.0 Å². The van der Waals surface area contributed by atoms with Crippen molar-refractivity contribution in [2.45, 2.75) is 0 Å². The van der Waals surface area contributed by atoms with Gasteiger partial charge in [0.2, 0.25) is 0 Å². The van der Waals surface area contributed by atoms with Crippen LogP contribution in [0.4, 0.5) is 0 Å². The van der Waals surface area contributed by atoms with Gasteiger partial charge in [0.1, 0.15) is 6.61 Å². The number of piperazine rings is 1. The minimum absolute atomic E-state index is 0.152. The maximum absolute atomic E-state index is 12.2. The fourth-order valence-corrected chi connectivity index (χ4v) is 3.37. The van der Waals surface area contributed by atoms with Gasteiger partial charge >= 0.3 is 0 Å². The van der Waals surface area contributed by atoms with Gasteiger partial charge in [-0.3, -0.25) is 9.69 Å². The molecule has 20 heavy (non-hydrogen) atoms. The molecule has 2 saturated heterocycles. The van der Waals surface area contributed by atoms with E-state index in [0.29, 0.717) is 11.8 Å². The molecule has 2 aliphatic heterocycles. The number of hydrogen-bond acceptors (Lipinski definition) is 5. The normalized spacial score (nSPS) is 20.3. The molecule has 2 aliphatic rings. The third kappa shape index (κ3) is 2.94. The lowest BCUT2D eigenvalue weighted by Gasteiger charge is -2.36. The first-order valence-corrected chi connectivity index (χ1v) is 7.99. The van der Waals surface area contributed by atoms with Crippen LogP contribution in [0.2, 0.25) is 0 Å². The summed E-state index contributed by atoms with van der Waals surface area (Å²) in [5.74, 6) is 0.152. The number of ether oxygens (including phenoxy) is 1. The molecule has 0 unspecified atom stereocenters. The monoisotopic (exact) mass is 311 g/mol. The Hall–Kier alpha value is -1.18. The Labute approximate surface area is 127 Å². The molecule has 0 N–H and O–H groups in total. The first-order chi connectivity index (χ1) is 9.74. The van der Waals surface area contributed by atoms with Crippen LogP contribution in [0, 0.1) is 0 Å². The largest absolute Gasteiger partial charge is 0.469 e. The minimum atomic E-state index is 0.152. The number of rotatable bonds is 3. The minimum Gasteiger partial charge on any atom is -0.469 e. The van der Waals surface area contributed by atoms with E-state index in [0.717, 1.165) is 44.3 Å². The Morgan fingerprint density at radius 1 is 1.30 bits per heavy atom. The summed E-state index contributed by atoms with van der Waals surface area (Å²) in [4.78, 5) is 19.4. The summed E-state index contributed by atoms with van der Waals surface area (Å²) in [5, 5.41) is 2.54. The number of amides is 1. The van der Waals surface area contributed by atoms with E-state index in [1.807, 2.05) is 22.4 Å². The van der Waals surface area contributed by atoms with E-state index >= 15 is 0 Å². The van der Waals surface area contributed by atoms with Gasteiger partial charge in [0, 0.05) is 26.2 Å². The standard InChI is InChI=1S/C13H17N3O2S2/c17-12(11-2-1-9-20-11)15-5-3-14(4-6-15)10-16-7-8-18-13(16)19/h1-2,9H,3-8,10H2. The number of carbonyl (C=O) groups is 1. The average Bonchev–Trinajstić information content (AvgIpc) is 3.12. The summed E-state index contributed by atoms with van der Waals surface area (Å²) in [6.45, 7) is 5.69. The van der Waals surface area contributed by atoms with Gasteiger partial charge in [0.25, 0.3) is 11.1 Å². The quantitative estimate of drug-likeness (QED) is 0.781. The van der Waals surface area contributed by atoms with Gasteiger partial charge in [-0.2, -0.15) is 0 Å². The van der Waals surface area contributed by atoms with E-state index in [-0.39, 0.29) is 5.91 Å². The lowest BCUT2D eigenvalue weighted by Crippen LogP contribution is -2.51. The average molecular weight is 311 g/mol. The van der Waals surface area contributed by atoms with Gasteiger partial charge in [-0.15, -0.1) is 11.3 Å². The predicted octanol–water partition coefficient (Wildman–Crippen LogP) is 1.08. The molecule has 0 bridgehead atoms. The number of hydrogen-bond donors (Lipinski definition) is 0. The summed E-state index contributed by atoms with van der Waals surface area (Å²) in [7, 11) is 0. The van der Waals surface area contributed by atoms with Gasteiger partial charge in [-0.1, -0.05) is 6.07 Å². The van der Waals surface area contributed by atoms with Crippen molar-refractivity contribution in [2.75, 3.05) is 46.0 Å². The molecule has 5 nitrogen and oxygen atoms in total. The molecular formula is C13H17N3O2S2. The summed E-state index contributed by atoms with van der Waals surface area (Å²) >= 11 is 6.65. The molecule has 3 heterocycles. The van der Waals surface area contributed by atoms with Crippen LogP contribution in [-0.2, 0) is 4.74 Å². The highest BCUT2D eigenvalue weighted by Gasteiger charge is 2.26. The molecule has 0 spiro atoms. The van der Waals surface area contributed by atoms with Crippen LogP contribution in [0.1, 0.15) is 9.67 Å². The van der Waals surface area contributed by atoms with Gasteiger partial charge < -0.3 is 14.5 Å². The highest BCUT2D eigenvalue weighted by atomic mass is 32.1. The second-order valence-electron chi connectivity index (χ2n) is 4.91. The third-order valence-electron chi connectivity index (χ3n) is 3.61. The fourth-order valence-electron chi connectivity index (χ4n) is 2.44. The molecule has 0 saturated carbocycles. The maximum Gasteiger partial charge on any atom is 0.264 e. The molecule has 1 aromatic heterocycles. The van der Waals surface area contributed by atoms with Crippen molar-refractivity contribution in [1.82, 2.24) is 14.7 Å². The smallest absolute Gasteiger partial charge is 0.264 e. The lowest BCUT2D eigenvalue weighted by atomic mass is 10.3. The molecule has 1 amide bonds. The SMILES string of the molecule is O=C(c1cccs1)N1CCN(CN2CCOC2=S)CC1. The van der Waals surface area contributed by atoms with E-state index in [1.165, 1.54) is 11.3 Å². The predicted molar refractivity (Wildman–Crippen MR) is 81.9 cm³/mol. The van der Waals surface area contributed by atoms with E-state index in [2.05, 4.69) is 9.80 Å². The van der Waals surface area contributed by atoms with Crippen LogP contribution in [-0.4, -0.2) is 71.8 Å². The molecule has 7 heteroatoms. The summed E-state index contributed by atoms with van der Waals surface area (Å²) in [6, 6.07) is 3.81. The number of nitrogens with zero attached hydrogens (tertiary/aromatic N) is 3. The van der Waals surface area contributed by atoms with Gasteiger partial charge in [0.15, 0.2) is 0 Å². The van der Waals surface area contributed by atoms with Crippen LogP contribution < -0.4 is 0 Å². The molecule has 0 radical (unpaired) electrons. The summed E-state index contributed by atoms with van der Waals surface area (Å²) < 4.78 is 5.28. The van der Waals surface area contributed by atoms with Crippen LogP contribution in [0.15, 0.2) is 17.5 Å². The summed E-state index contributed by atoms with van der Waals surface area (Å²) in [5.41, 5.74) is 0. The molecule has 3 rings (SSSR count). The molecule has 0 aliphatic carbocycles. The van der Waals surface area contributed by atoms with Crippen molar-refractivity contribution in [3.63, 3.8) is 0 Å². The van der Waals surface area contributed by atoms with Crippen molar-refractivity contribution >= 4 is 34.6 Å². The highest BCUT2D eigenvalue weighted by molar-refractivity contribution is 7.80. The number of thiocarbonyl (C=S) groups is 1. The zero-order valence-corrected chi connectivity index (χ0v) is 12.8. The van der Waals surface area contributed by atoms with Crippen molar-refractivity contribution in [3.8, 4) is 0 Å². The Balaban J connectivity index is 1.49. The van der Waals surface area contributed by atoms with Crippen molar-refractivity contribution < 1.29 is 9.53 Å². The van der Waals surface area contributed by atoms with Crippen LogP contribution in [0.3, 0.4) is 0 Å². The van der Waals surface area contributed by atoms with Crippen molar-refractivity contribution in [1.29, 1.82) is 0 Å². The van der Waals surface area contributed by atoms with Crippen molar-refractivity contribution in [2.24, 2.45) is 0 Å². The van der Waals surface area contributed by atoms with Gasteiger partial charge in [-0.25, -0.2) is 0 Å². The first kappa shape index (κ1) is 13.8. The Bertz CT molecular complexity index is 484. The van der Waals surface area contributed by atoms with Gasteiger partial charge in [-0.05, 0) is 23.7 Å². The van der Waals surface area contributed by atoms with Gasteiger partial charge in [0.05, 0.1) is 18.1 Å². The van der Waals surface area contributed by atoms with E-state index < -0.39 is 0 Å². The molecule has 108 valence electrons. The van der Waals surface area contributed by atoms with Crippen molar-refractivity contribution in [3.05, 3.63) is 22.4 Å². The van der Waals surface area contributed by atoms with Crippen LogP contribution >= 0.6 is 23.6 Å². The Morgan fingerprint density at radius 3 is 2.70 bits per heavy atom. The molecular weight excluding hydrogens is 294 g/mol. The molecule has 2 fully saturated rings. The molecule has 1 aromatic rings. The van der Waals surface area contributed by atoms with E-state index in [4.69, 9.17) is 17.0 Å². The zero-order valence-electron chi connectivity index (χ0n) is 11.2. The van der Waals surface area contributed by atoms with E-state index in [9.17, 15) is 4.79 Å². The second-order valence-corrected chi connectivity index (χ2v) is 6.20. The highest BCUT2D eigenvalue weighted by Crippen LogP contribution is 2.14. The third-order valence-corrected chi connectivity index (χ3v) is 4.84. The first-order valence-electron chi connectivity index (χ1n) is 6.71. The second kappa shape index (κ2) is 6.07. The lowest BCUT2D eigenvalue weighted by molar-refractivity contribution is 0.0594. The van der Waals surface area contributed by atoms with Crippen LogP contribution in [0.5, 0.6) is 0 Å². The Kier molecular flexibility index (Phi) is 4.18. The summed E-state index contributed by atoms with van der Waals surface area (Å²) in [6.07, 6.45) is 0. The zero-order chi connectivity index (χ0) is 13.9. The number of thiophene rings is 1. The fraction of sp³-hybridized carbons (Fsp3) is 0.538. The molecule has 0 atom stereocenters.